The lowest BCUT2D eigenvalue weighted by atomic mass is 10.2. The molecule has 0 bridgehead atoms. The molecule has 7 nitrogen and oxygen atoms in total. The Labute approximate surface area is 165 Å². The average molecular weight is 419 g/mol. The first-order chi connectivity index (χ1) is 13.2. The van der Waals surface area contributed by atoms with Crippen molar-refractivity contribution in [2.24, 2.45) is 0 Å². The summed E-state index contributed by atoms with van der Waals surface area (Å²) >= 11 is 3.61. The summed E-state index contributed by atoms with van der Waals surface area (Å²) < 4.78 is 22.6. The lowest BCUT2D eigenvalue weighted by Gasteiger charge is -2.04. The molecule has 27 heavy (non-hydrogen) atoms. The third-order valence-electron chi connectivity index (χ3n) is 3.41. The fraction of sp³-hybridized carbons (Fsp3) is 0.0625. The van der Waals surface area contributed by atoms with E-state index in [1.54, 1.807) is 24.3 Å². The van der Waals surface area contributed by atoms with Gasteiger partial charge in [0.15, 0.2) is 4.34 Å². The van der Waals surface area contributed by atoms with Gasteiger partial charge in [-0.2, -0.15) is 8.75 Å². The largest absolute Gasteiger partial charge is 0.328 e. The Hall–Kier alpha value is -2.63. The van der Waals surface area contributed by atoms with Gasteiger partial charge in [0, 0.05) is 0 Å². The van der Waals surface area contributed by atoms with E-state index < -0.39 is 0 Å². The third kappa shape index (κ3) is 4.21. The second kappa shape index (κ2) is 7.94. The van der Waals surface area contributed by atoms with Crippen LogP contribution in [-0.4, -0.2) is 30.6 Å². The molecule has 0 aliphatic rings. The van der Waals surface area contributed by atoms with E-state index in [0.717, 1.165) is 17.2 Å². The zero-order valence-electron chi connectivity index (χ0n) is 13.5. The molecule has 4 aromatic rings. The standard InChI is InChI=1S/C16H11FN6OS3/c17-9-4-1-2-5-10(9)19-15-20-21-16(26-15)25-8-13(24)18-11-6-3-7-12-14(11)23-27-22-12/h1-7H,8H2,(H,18,24)(H,19,20). The third-order valence-corrected chi connectivity index (χ3v) is 5.92. The molecule has 2 aromatic carbocycles. The van der Waals surface area contributed by atoms with Gasteiger partial charge in [-0.25, -0.2) is 4.39 Å². The molecular weight excluding hydrogens is 407 g/mol. The Morgan fingerprint density at radius 2 is 1.93 bits per heavy atom. The highest BCUT2D eigenvalue weighted by Gasteiger charge is 2.12. The Kier molecular flexibility index (Phi) is 5.23. The molecule has 136 valence electrons. The Balaban J connectivity index is 1.35. The molecule has 0 saturated carbocycles. The number of hydrogen-bond donors (Lipinski definition) is 2. The molecule has 0 unspecified atom stereocenters. The first-order valence-corrected chi connectivity index (χ1v) is 10.2. The van der Waals surface area contributed by atoms with Crippen LogP contribution in [0.5, 0.6) is 0 Å². The number of thioether (sulfide) groups is 1. The number of hydrogen-bond acceptors (Lipinski definition) is 9. The van der Waals surface area contributed by atoms with Crippen molar-refractivity contribution in [3.8, 4) is 0 Å². The number of aromatic nitrogens is 4. The van der Waals surface area contributed by atoms with Gasteiger partial charge < -0.3 is 10.6 Å². The van der Waals surface area contributed by atoms with Crippen molar-refractivity contribution in [2.45, 2.75) is 4.34 Å². The summed E-state index contributed by atoms with van der Waals surface area (Å²) in [5.74, 6) is -0.381. The molecular formula is C16H11FN6OS3. The minimum absolute atomic E-state index is 0.169. The van der Waals surface area contributed by atoms with Crippen LogP contribution in [0.4, 0.5) is 20.9 Å². The summed E-state index contributed by atoms with van der Waals surface area (Å²) in [5, 5.41) is 14.1. The van der Waals surface area contributed by atoms with Crippen LogP contribution in [0, 0.1) is 5.82 Å². The summed E-state index contributed by atoms with van der Waals surface area (Å²) in [6, 6.07) is 11.8. The van der Waals surface area contributed by atoms with Gasteiger partial charge in [-0.3, -0.25) is 4.79 Å². The van der Waals surface area contributed by atoms with E-state index in [9.17, 15) is 9.18 Å². The highest BCUT2D eigenvalue weighted by molar-refractivity contribution is 8.01. The summed E-state index contributed by atoms with van der Waals surface area (Å²) in [7, 11) is 0. The van der Waals surface area contributed by atoms with Crippen molar-refractivity contribution < 1.29 is 9.18 Å². The lowest BCUT2D eigenvalue weighted by Crippen LogP contribution is -2.14. The quantitative estimate of drug-likeness (QED) is 0.454. The predicted octanol–water partition coefficient (Wildman–Crippen LogP) is 4.16. The number of nitrogens with zero attached hydrogens (tertiary/aromatic N) is 4. The average Bonchev–Trinajstić information content (AvgIpc) is 3.32. The topological polar surface area (TPSA) is 92.7 Å². The number of amides is 1. The second-order valence-electron chi connectivity index (χ2n) is 5.25. The molecule has 0 aliphatic heterocycles. The first-order valence-electron chi connectivity index (χ1n) is 7.68. The minimum atomic E-state index is -0.369. The van der Waals surface area contributed by atoms with Crippen molar-refractivity contribution in [1.29, 1.82) is 0 Å². The van der Waals surface area contributed by atoms with Crippen molar-refractivity contribution >= 4 is 68.3 Å². The highest BCUT2D eigenvalue weighted by atomic mass is 32.2. The van der Waals surface area contributed by atoms with Gasteiger partial charge in [-0.15, -0.1) is 10.2 Å². The van der Waals surface area contributed by atoms with Crippen molar-refractivity contribution in [3.63, 3.8) is 0 Å². The van der Waals surface area contributed by atoms with Crippen molar-refractivity contribution in [3.05, 3.63) is 48.3 Å². The molecule has 2 heterocycles. The molecule has 11 heteroatoms. The number of anilines is 3. The number of rotatable bonds is 6. The number of halogens is 1. The molecule has 4 rings (SSSR count). The molecule has 0 saturated heterocycles. The number of para-hydroxylation sites is 1. The molecule has 0 fully saturated rings. The second-order valence-corrected chi connectivity index (χ2v) is 7.98. The molecule has 0 radical (unpaired) electrons. The summed E-state index contributed by atoms with van der Waals surface area (Å²) in [4.78, 5) is 12.2. The molecule has 1 amide bonds. The van der Waals surface area contributed by atoms with Crippen LogP contribution in [0.15, 0.2) is 46.8 Å². The van der Waals surface area contributed by atoms with E-state index in [1.807, 2.05) is 12.1 Å². The fourth-order valence-corrected chi connectivity index (χ4v) is 4.33. The maximum atomic E-state index is 13.7. The number of carbonyl (C=O) groups is 1. The van der Waals surface area contributed by atoms with Gasteiger partial charge in [0.05, 0.1) is 28.9 Å². The minimum Gasteiger partial charge on any atom is -0.328 e. The number of carbonyl (C=O) groups excluding carboxylic acids is 1. The SMILES string of the molecule is O=C(CSc1nnc(Nc2ccccc2F)s1)Nc1cccc2nsnc12. The Morgan fingerprint density at radius 3 is 2.81 bits per heavy atom. The summed E-state index contributed by atoms with van der Waals surface area (Å²) in [6.07, 6.45) is 0. The molecule has 2 aromatic heterocycles. The Bertz CT molecular complexity index is 1100. The Morgan fingerprint density at radius 1 is 1.07 bits per heavy atom. The van der Waals surface area contributed by atoms with Gasteiger partial charge in [-0.1, -0.05) is 41.3 Å². The van der Waals surface area contributed by atoms with Gasteiger partial charge in [0.1, 0.15) is 16.9 Å². The zero-order valence-corrected chi connectivity index (χ0v) is 16.0. The molecule has 0 aliphatic carbocycles. The van der Waals surface area contributed by atoms with Crippen LogP contribution < -0.4 is 10.6 Å². The predicted molar refractivity (Wildman–Crippen MR) is 106 cm³/mol. The first kappa shape index (κ1) is 17.8. The number of fused-ring (bicyclic) bond motifs is 1. The van der Waals surface area contributed by atoms with Crippen LogP contribution in [0.2, 0.25) is 0 Å². The van der Waals surface area contributed by atoms with Gasteiger partial charge in [-0.05, 0) is 24.3 Å². The van der Waals surface area contributed by atoms with Crippen molar-refractivity contribution in [1.82, 2.24) is 18.9 Å². The van der Waals surface area contributed by atoms with Crippen LogP contribution in [0.1, 0.15) is 0 Å². The fourth-order valence-electron chi connectivity index (χ4n) is 2.22. The van der Waals surface area contributed by atoms with Crippen molar-refractivity contribution in [2.75, 3.05) is 16.4 Å². The maximum Gasteiger partial charge on any atom is 0.234 e. The van der Waals surface area contributed by atoms with Crippen LogP contribution in [-0.2, 0) is 4.79 Å². The van der Waals surface area contributed by atoms with Gasteiger partial charge in [0.2, 0.25) is 11.0 Å². The molecule has 2 N–H and O–H groups in total. The zero-order chi connectivity index (χ0) is 18.6. The van der Waals surface area contributed by atoms with E-state index in [1.165, 1.54) is 29.2 Å². The lowest BCUT2D eigenvalue weighted by molar-refractivity contribution is -0.113. The monoisotopic (exact) mass is 418 g/mol. The molecule has 0 atom stereocenters. The normalized spacial score (nSPS) is 10.9. The number of benzene rings is 2. The summed E-state index contributed by atoms with van der Waals surface area (Å²) in [6.45, 7) is 0. The highest BCUT2D eigenvalue weighted by Crippen LogP contribution is 2.29. The van der Waals surface area contributed by atoms with Gasteiger partial charge >= 0.3 is 0 Å². The smallest absolute Gasteiger partial charge is 0.234 e. The van der Waals surface area contributed by atoms with E-state index in [4.69, 9.17) is 0 Å². The van der Waals surface area contributed by atoms with E-state index in [0.29, 0.717) is 26.4 Å². The number of nitrogens with one attached hydrogen (secondary N) is 2. The van der Waals surface area contributed by atoms with E-state index in [2.05, 4.69) is 29.6 Å². The summed E-state index contributed by atoms with van der Waals surface area (Å²) in [5.41, 5.74) is 2.38. The van der Waals surface area contributed by atoms with Gasteiger partial charge in [0.25, 0.3) is 0 Å². The van der Waals surface area contributed by atoms with Crippen LogP contribution in [0.3, 0.4) is 0 Å². The van der Waals surface area contributed by atoms with Crippen LogP contribution in [0.25, 0.3) is 11.0 Å². The maximum absolute atomic E-state index is 13.7. The van der Waals surface area contributed by atoms with E-state index in [-0.39, 0.29) is 17.5 Å². The molecule has 0 spiro atoms. The van der Waals surface area contributed by atoms with Crippen LogP contribution >= 0.6 is 34.8 Å². The van der Waals surface area contributed by atoms with E-state index >= 15 is 0 Å².